The number of aryl methyl sites for hydroxylation is 1. The van der Waals surface area contributed by atoms with Gasteiger partial charge in [-0.15, -0.1) is 0 Å². The van der Waals surface area contributed by atoms with Gasteiger partial charge >= 0.3 is 0 Å². The predicted molar refractivity (Wildman–Crippen MR) is 63.3 cm³/mol. The molecule has 1 N–H and O–H groups in total. The van der Waals surface area contributed by atoms with Crippen molar-refractivity contribution in [2.45, 2.75) is 38.8 Å². The van der Waals surface area contributed by atoms with Crippen LogP contribution in [0, 0.1) is 0 Å². The first kappa shape index (κ1) is 10.5. The number of fused-ring (bicyclic) bond motifs is 1. The lowest BCUT2D eigenvalue weighted by Crippen LogP contribution is -2.35. The lowest BCUT2D eigenvalue weighted by atomic mass is 9.92. The summed E-state index contributed by atoms with van der Waals surface area (Å²) >= 11 is 0. The second-order valence-corrected chi connectivity index (χ2v) is 4.46. The molecular weight excluding hydrogens is 186 g/mol. The number of hydrogen-bond acceptors (Lipinski definition) is 2. The first-order valence-electron chi connectivity index (χ1n) is 5.67. The molecule has 1 aliphatic rings. The van der Waals surface area contributed by atoms with Crippen LogP contribution in [-0.2, 0) is 6.42 Å². The number of nitrogens with zero attached hydrogens (tertiary/aromatic N) is 1. The summed E-state index contributed by atoms with van der Waals surface area (Å²) in [5.74, 6) is 0. The van der Waals surface area contributed by atoms with Crippen molar-refractivity contribution in [3.63, 3.8) is 0 Å². The van der Waals surface area contributed by atoms with Crippen molar-refractivity contribution >= 4 is 5.69 Å². The highest BCUT2D eigenvalue weighted by molar-refractivity contribution is 5.58. The van der Waals surface area contributed by atoms with E-state index in [0.717, 1.165) is 18.4 Å². The van der Waals surface area contributed by atoms with Crippen molar-refractivity contribution in [1.82, 2.24) is 0 Å². The van der Waals surface area contributed by atoms with Gasteiger partial charge in [0.2, 0.25) is 0 Å². The number of hydrogen-bond donors (Lipinski definition) is 1. The van der Waals surface area contributed by atoms with E-state index in [1.165, 1.54) is 11.3 Å². The molecule has 1 aromatic carbocycles. The van der Waals surface area contributed by atoms with Gasteiger partial charge in [-0.25, -0.2) is 0 Å². The van der Waals surface area contributed by atoms with Crippen molar-refractivity contribution in [2.24, 2.45) is 0 Å². The highest BCUT2D eigenvalue weighted by Gasteiger charge is 2.26. The van der Waals surface area contributed by atoms with Crippen LogP contribution in [0.3, 0.4) is 0 Å². The summed E-state index contributed by atoms with van der Waals surface area (Å²) in [4.78, 5) is 2.25. The van der Waals surface area contributed by atoms with Gasteiger partial charge in [-0.05, 0) is 31.4 Å². The Hall–Kier alpha value is -1.02. The minimum absolute atomic E-state index is 0.294. The van der Waals surface area contributed by atoms with E-state index in [1.54, 1.807) is 0 Å². The van der Waals surface area contributed by atoms with Crippen molar-refractivity contribution in [1.29, 1.82) is 0 Å². The first-order valence-corrected chi connectivity index (χ1v) is 5.67. The molecule has 0 aliphatic carbocycles. The Bertz CT molecular complexity index is 362. The topological polar surface area (TPSA) is 23.5 Å². The standard InChI is InChI=1S/C13H19NO/c1-4-10-5-6-12-11(8-10)13(15)7-9(2)14(12)3/h5-6,8-9,13,15H,4,7H2,1-3H3. The summed E-state index contributed by atoms with van der Waals surface area (Å²) in [6, 6.07) is 6.84. The van der Waals surface area contributed by atoms with E-state index in [0.29, 0.717) is 6.04 Å². The molecule has 1 aliphatic heterocycles. The van der Waals surface area contributed by atoms with E-state index in [4.69, 9.17) is 0 Å². The van der Waals surface area contributed by atoms with Crippen molar-refractivity contribution in [2.75, 3.05) is 11.9 Å². The summed E-state index contributed by atoms with van der Waals surface area (Å²) in [6.07, 6.45) is 1.56. The highest BCUT2D eigenvalue weighted by atomic mass is 16.3. The average Bonchev–Trinajstić information content (AvgIpc) is 2.25. The van der Waals surface area contributed by atoms with Crippen LogP contribution in [0.2, 0.25) is 0 Å². The molecule has 0 saturated heterocycles. The van der Waals surface area contributed by atoms with E-state index in [2.05, 4.69) is 44.0 Å². The smallest absolute Gasteiger partial charge is 0.0829 e. The molecule has 0 radical (unpaired) electrons. The summed E-state index contributed by atoms with van der Waals surface area (Å²) in [6.45, 7) is 4.29. The molecule has 2 nitrogen and oxygen atoms in total. The van der Waals surface area contributed by atoms with Crippen LogP contribution in [0.5, 0.6) is 0 Å². The Balaban J connectivity index is 2.46. The molecular formula is C13H19NO. The van der Waals surface area contributed by atoms with Gasteiger partial charge in [0.15, 0.2) is 0 Å². The Morgan fingerprint density at radius 2 is 2.20 bits per heavy atom. The van der Waals surface area contributed by atoms with Gasteiger partial charge in [-0.3, -0.25) is 0 Å². The highest BCUT2D eigenvalue weighted by Crippen LogP contribution is 2.36. The lowest BCUT2D eigenvalue weighted by Gasteiger charge is -2.36. The molecule has 2 rings (SSSR count). The van der Waals surface area contributed by atoms with Gasteiger partial charge in [-0.2, -0.15) is 0 Å². The van der Waals surface area contributed by atoms with Crippen LogP contribution in [0.4, 0.5) is 5.69 Å². The first-order chi connectivity index (χ1) is 7.13. The molecule has 0 aromatic heterocycles. The molecule has 2 atom stereocenters. The Labute approximate surface area is 91.5 Å². The third-order valence-corrected chi connectivity index (χ3v) is 3.46. The average molecular weight is 205 g/mol. The molecule has 1 heterocycles. The molecule has 2 unspecified atom stereocenters. The van der Waals surface area contributed by atoms with Crippen LogP contribution in [0.1, 0.15) is 37.5 Å². The fraction of sp³-hybridized carbons (Fsp3) is 0.538. The van der Waals surface area contributed by atoms with Gasteiger partial charge in [0.05, 0.1) is 6.10 Å². The van der Waals surface area contributed by atoms with Crippen LogP contribution in [0.15, 0.2) is 18.2 Å². The maximum atomic E-state index is 10.0. The zero-order chi connectivity index (χ0) is 11.0. The number of rotatable bonds is 1. The summed E-state index contributed by atoms with van der Waals surface area (Å²) in [7, 11) is 2.10. The molecule has 0 amide bonds. The van der Waals surface area contributed by atoms with Crippen molar-refractivity contribution in [3.8, 4) is 0 Å². The zero-order valence-corrected chi connectivity index (χ0v) is 9.70. The SMILES string of the molecule is CCc1ccc2c(c1)C(O)CC(C)N2C. The molecule has 0 bridgehead atoms. The number of aliphatic hydroxyl groups excluding tert-OH is 1. The van der Waals surface area contributed by atoms with Crippen LogP contribution >= 0.6 is 0 Å². The van der Waals surface area contributed by atoms with Gasteiger partial charge < -0.3 is 10.0 Å². The Morgan fingerprint density at radius 3 is 2.87 bits per heavy atom. The van der Waals surface area contributed by atoms with E-state index in [9.17, 15) is 5.11 Å². The number of benzene rings is 1. The summed E-state index contributed by atoms with van der Waals surface area (Å²) in [5, 5.41) is 10.0. The monoisotopic (exact) mass is 205 g/mol. The molecule has 15 heavy (non-hydrogen) atoms. The minimum atomic E-state index is -0.294. The second kappa shape index (κ2) is 3.86. The maximum absolute atomic E-state index is 10.0. The quantitative estimate of drug-likeness (QED) is 0.761. The van der Waals surface area contributed by atoms with Gasteiger partial charge in [0, 0.05) is 24.3 Å². The van der Waals surface area contributed by atoms with Gasteiger partial charge in [-0.1, -0.05) is 19.1 Å². The van der Waals surface area contributed by atoms with Crippen LogP contribution < -0.4 is 4.90 Å². The molecule has 1 aromatic rings. The van der Waals surface area contributed by atoms with Crippen LogP contribution in [-0.4, -0.2) is 18.2 Å². The maximum Gasteiger partial charge on any atom is 0.0829 e. The Morgan fingerprint density at radius 1 is 1.47 bits per heavy atom. The fourth-order valence-electron chi connectivity index (χ4n) is 2.26. The third-order valence-electron chi connectivity index (χ3n) is 3.46. The van der Waals surface area contributed by atoms with Crippen molar-refractivity contribution in [3.05, 3.63) is 29.3 Å². The minimum Gasteiger partial charge on any atom is -0.388 e. The zero-order valence-electron chi connectivity index (χ0n) is 9.70. The van der Waals surface area contributed by atoms with Crippen molar-refractivity contribution < 1.29 is 5.11 Å². The van der Waals surface area contributed by atoms with E-state index < -0.39 is 0 Å². The van der Waals surface area contributed by atoms with E-state index in [-0.39, 0.29) is 6.10 Å². The van der Waals surface area contributed by atoms with E-state index in [1.807, 2.05) is 0 Å². The lowest BCUT2D eigenvalue weighted by molar-refractivity contribution is 0.153. The molecule has 0 fully saturated rings. The number of aliphatic hydroxyl groups is 1. The Kier molecular flexibility index (Phi) is 2.70. The second-order valence-electron chi connectivity index (χ2n) is 4.46. The molecule has 2 heteroatoms. The van der Waals surface area contributed by atoms with E-state index >= 15 is 0 Å². The molecule has 82 valence electrons. The molecule has 0 saturated carbocycles. The largest absolute Gasteiger partial charge is 0.388 e. The van der Waals surface area contributed by atoms with Gasteiger partial charge in [0.1, 0.15) is 0 Å². The summed E-state index contributed by atoms with van der Waals surface area (Å²) in [5.41, 5.74) is 3.57. The normalized spacial score (nSPS) is 25.2. The fourth-order valence-corrected chi connectivity index (χ4v) is 2.26. The van der Waals surface area contributed by atoms with Crippen LogP contribution in [0.25, 0.3) is 0 Å². The summed E-state index contributed by atoms with van der Waals surface area (Å²) < 4.78 is 0. The molecule has 0 spiro atoms. The van der Waals surface area contributed by atoms with Gasteiger partial charge in [0.25, 0.3) is 0 Å². The predicted octanol–water partition coefficient (Wildman–Crippen LogP) is 2.51. The number of anilines is 1. The third kappa shape index (κ3) is 1.74.